The number of rotatable bonds is 7. The first-order valence-electron chi connectivity index (χ1n) is 10.8. The number of nitrogens with zero attached hydrogens (tertiary/aromatic N) is 1. The highest BCUT2D eigenvalue weighted by Crippen LogP contribution is 2.23. The van der Waals surface area contributed by atoms with Gasteiger partial charge in [0, 0.05) is 10.2 Å². The predicted octanol–water partition coefficient (Wildman–Crippen LogP) is 6.38. The molecule has 0 aromatic heterocycles. The SMILES string of the molecule is CCOC(=O)c1ccc(NC(=O)/C(C#N)=C/c2cc(Br)ccc2Cc2cc(C)cc(C)c2)cc1. The van der Waals surface area contributed by atoms with Crippen LogP contribution in [0, 0.1) is 25.2 Å². The van der Waals surface area contributed by atoms with Gasteiger partial charge < -0.3 is 10.1 Å². The first-order valence-corrected chi connectivity index (χ1v) is 11.6. The van der Waals surface area contributed by atoms with E-state index >= 15 is 0 Å². The number of hydrogen-bond acceptors (Lipinski definition) is 4. The Hall–Kier alpha value is -3.69. The molecule has 1 amide bonds. The molecule has 5 nitrogen and oxygen atoms in total. The van der Waals surface area contributed by atoms with Crippen LogP contribution in [0.1, 0.15) is 45.1 Å². The maximum Gasteiger partial charge on any atom is 0.338 e. The van der Waals surface area contributed by atoms with Crippen molar-refractivity contribution in [2.45, 2.75) is 27.2 Å². The number of nitriles is 1. The summed E-state index contributed by atoms with van der Waals surface area (Å²) in [6.07, 6.45) is 2.28. The van der Waals surface area contributed by atoms with Gasteiger partial charge in [-0.1, -0.05) is 51.3 Å². The summed E-state index contributed by atoms with van der Waals surface area (Å²) in [5.74, 6) is -0.951. The molecular weight excluding hydrogens is 492 g/mol. The predicted molar refractivity (Wildman–Crippen MR) is 137 cm³/mol. The first kappa shape index (κ1) is 24.9. The molecule has 1 N–H and O–H groups in total. The lowest BCUT2D eigenvalue weighted by Gasteiger charge is -2.10. The lowest BCUT2D eigenvalue weighted by Crippen LogP contribution is -2.14. The number of esters is 1. The second-order valence-electron chi connectivity index (χ2n) is 7.94. The molecule has 3 rings (SSSR count). The number of carbonyl (C=O) groups excluding carboxylic acids is 2. The van der Waals surface area contributed by atoms with Crippen LogP contribution in [0.25, 0.3) is 6.08 Å². The van der Waals surface area contributed by atoms with Gasteiger partial charge in [0.25, 0.3) is 5.91 Å². The molecule has 0 unspecified atom stereocenters. The zero-order valence-electron chi connectivity index (χ0n) is 19.3. The van der Waals surface area contributed by atoms with E-state index in [0.29, 0.717) is 17.7 Å². The van der Waals surface area contributed by atoms with E-state index in [-0.39, 0.29) is 12.2 Å². The Bertz CT molecular complexity index is 1270. The fraction of sp³-hybridized carbons (Fsp3) is 0.179. The fourth-order valence-electron chi connectivity index (χ4n) is 3.66. The standard InChI is InChI=1S/C28H25BrN2O3/c1-4-34-28(33)21-6-9-26(10-7-21)31-27(32)24(17-30)15-23-16-25(29)8-5-22(23)14-20-12-18(2)11-19(3)13-20/h5-13,15-16H,4,14H2,1-3H3,(H,31,32)/b24-15+. The Labute approximate surface area is 208 Å². The van der Waals surface area contributed by atoms with Gasteiger partial charge in [-0.05, 0) is 86.4 Å². The molecular formula is C28H25BrN2O3. The summed E-state index contributed by atoms with van der Waals surface area (Å²) in [4.78, 5) is 24.6. The Balaban J connectivity index is 1.84. The topological polar surface area (TPSA) is 79.2 Å². The molecule has 0 radical (unpaired) electrons. The molecule has 0 saturated carbocycles. The number of nitrogens with one attached hydrogen (secondary N) is 1. The monoisotopic (exact) mass is 516 g/mol. The largest absolute Gasteiger partial charge is 0.462 e. The van der Waals surface area contributed by atoms with Crippen molar-refractivity contribution in [3.63, 3.8) is 0 Å². The minimum absolute atomic E-state index is 0.0192. The van der Waals surface area contributed by atoms with Crippen LogP contribution in [0.2, 0.25) is 0 Å². The van der Waals surface area contributed by atoms with Gasteiger partial charge in [-0.3, -0.25) is 4.79 Å². The van der Waals surface area contributed by atoms with Crippen molar-refractivity contribution in [2.75, 3.05) is 11.9 Å². The quantitative estimate of drug-likeness (QED) is 0.224. The van der Waals surface area contributed by atoms with Gasteiger partial charge in [0.1, 0.15) is 11.6 Å². The van der Waals surface area contributed by atoms with Gasteiger partial charge in [-0.25, -0.2) is 4.79 Å². The van der Waals surface area contributed by atoms with E-state index in [1.807, 2.05) is 24.3 Å². The van der Waals surface area contributed by atoms with Crippen LogP contribution in [-0.4, -0.2) is 18.5 Å². The molecule has 0 saturated heterocycles. The van der Waals surface area contributed by atoms with E-state index < -0.39 is 11.9 Å². The number of hydrogen-bond donors (Lipinski definition) is 1. The number of ether oxygens (including phenoxy) is 1. The number of amides is 1. The Morgan fingerprint density at radius 3 is 2.32 bits per heavy atom. The number of benzene rings is 3. The van der Waals surface area contributed by atoms with Crippen LogP contribution in [0.4, 0.5) is 5.69 Å². The summed E-state index contributed by atoms with van der Waals surface area (Å²) in [5.41, 5.74) is 6.19. The van der Waals surface area contributed by atoms with Gasteiger partial charge in [-0.15, -0.1) is 0 Å². The Morgan fingerprint density at radius 2 is 1.71 bits per heavy atom. The van der Waals surface area contributed by atoms with E-state index in [2.05, 4.69) is 53.3 Å². The number of aryl methyl sites for hydroxylation is 2. The van der Waals surface area contributed by atoms with E-state index in [1.165, 1.54) is 16.7 Å². The third-order valence-corrected chi connectivity index (χ3v) is 5.60. The Morgan fingerprint density at radius 1 is 1.03 bits per heavy atom. The molecule has 0 fully saturated rings. The van der Waals surface area contributed by atoms with Crippen LogP contribution in [0.5, 0.6) is 0 Å². The van der Waals surface area contributed by atoms with Crippen LogP contribution in [0.15, 0.2) is 70.7 Å². The second kappa shape index (κ2) is 11.4. The maximum absolute atomic E-state index is 12.8. The third kappa shape index (κ3) is 6.66. The Kier molecular flexibility index (Phi) is 8.39. The minimum Gasteiger partial charge on any atom is -0.462 e. The van der Waals surface area contributed by atoms with Crippen LogP contribution in [0.3, 0.4) is 0 Å². The van der Waals surface area contributed by atoms with Gasteiger partial charge >= 0.3 is 5.97 Å². The molecule has 0 atom stereocenters. The second-order valence-corrected chi connectivity index (χ2v) is 8.85. The van der Waals surface area contributed by atoms with Crippen molar-refractivity contribution < 1.29 is 14.3 Å². The number of carbonyl (C=O) groups is 2. The lowest BCUT2D eigenvalue weighted by atomic mass is 9.96. The van der Waals surface area contributed by atoms with E-state index in [0.717, 1.165) is 15.6 Å². The molecule has 172 valence electrons. The van der Waals surface area contributed by atoms with Crippen LogP contribution < -0.4 is 5.32 Å². The molecule has 6 heteroatoms. The van der Waals surface area contributed by atoms with Gasteiger partial charge in [0.05, 0.1) is 12.2 Å². The molecule has 0 spiro atoms. The van der Waals surface area contributed by atoms with E-state index in [9.17, 15) is 14.9 Å². The summed E-state index contributed by atoms with van der Waals surface area (Å²) >= 11 is 3.49. The molecule has 0 aliphatic carbocycles. The normalized spacial score (nSPS) is 11.0. The minimum atomic E-state index is -0.524. The highest BCUT2D eigenvalue weighted by atomic mass is 79.9. The van der Waals surface area contributed by atoms with E-state index in [1.54, 1.807) is 37.3 Å². The zero-order chi connectivity index (χ0) is 24.7. The highest BCUT2D eigenvalue weighted by Gasteiger charge is 2.13. The first-order chi connectivity index (χ1) is 16.3. The van der Waals surface area contributed by atoms with Crippen LogP contribution in [-0.2, 0) is 16.0 Å². The summed E-state index contributed by atoms with van der Waals surface area (Å²) in [5, 5.41) is 12.4. The molecule has 0 heterocycles. The van der Waals surface area contributed by atoms with Gasteiger partial charge in [0.15, 0.2) is 0 Å². The van der Waals surface area contributed by atoms with Crippen molar-refractivity contribution >= 4 is 39.6 Å². The van der Waals surface area contributed by atoms with Crippen molar-refractivity contribution in [2.24, 2.45) is 0 Å². The van der Waals surface area contributed by atoms with Gasteiger partial charge in [-0.2, -0.15) is 5.26 Å². The molecule has 0 aliphatic heterocycles. The number of halogens is 1. The fourth-order valence-corrected chi connectivity index (χ4v) is 4.04. The van der Waals surface area contributed by atoms with Crippen molar-refractivity contribution in [3.8, 4) is 6.07 Å². The molecule has 0 bridgehead atoms. The molecule has 3 aromatic carbocycles. The van der Waals surface area contributed by atoms with Crippen molar-refractivity contribution in [1.29, 1.82) is 5.26 Å². The molecule has 3 aromatic rings. The lowest BCUT2D eigenvalue weighted by molar-refractivity contribution is -0.112. The van der Waals surface area contributed by atoms with Gasteiger partial charge in [0.2, 0.25) is 0 Å². The zero-order valence-corrected chi connectivity index (χ0v) is 20.9. The number of anilines is 1. The third-order valence-electron chi connectivity index (χ3n) is 5.10. The van der Waals surface area contributed by atoms with Crippen LogP contribution >= 0.6 is 15.9 Å². The molecule has 34 heavy (non-hydrogen) atoms. The average molecular weight is 517 g/mol. The highest BCUT2D eigenvalue weighted by molar-refractivity contribution is 9.10. The van der Waals surface area contributed by atoms with Crippen molar-refractivity contribution in [1.82, 2.24) is 0 Å². The maximum atomic E-state index is 12.8. The van der Waals surface area contributed by atoms with E-state index in [4.69, 9.17) is 4.74 Å². The molecule has 0 aliphatic rings. The summed E-state index contributed by atoms with van der Waals surface area (Å²) in [6.45, 7) is 6.15. The summed E-state index contributed by atoms with van der Waals surface area (Å²) in [6, 6.07) is 20.6. The summed E-state index contributed by atoms with van der Waals surface area (Å²) < 4.78 is 5.82. The van der Waals surface area contributed by atoms with Crippen molar-refractivity contribution in [3.05, 3.63) is 104 Å². The smallest absolute Gasteiger partial charge is 0.338 e. The average Bonchev–Trinajstić information content (AvgIpc) is 2.79. The summed E-state index contributed by atoms with van der Waals surface area (Å²) in [7, 11) is 0.